The molecule has 0 aliphatic carbocycles. The van der Waals surface area contributed by atoms with E-state index in [1.54, 1.807) is 7.11 Å². The first kappa shape index (κ1) is 20.2. The van der Waals surface area contributed by atoms with Gasteiger partial charge in [-0.25, -0.2) is 4.39 Å². The Labute approximate surface area is 177 Å². The summed E-state index contributed by atoms with van der Waals surface area (Å²) < 4.78 is 24.7. The molecule has 0 amide bonds. The second-order valence-electron chi connectivity index (χ2n) is 7.63. The molecule has 3 aromatic carbocycles. The number of rotatable bonds is 7. The molecule has 0 spiro atoms. The number of ether oxygens (including phenoxy) is 2. The van der Waals surface area contributed by atoms with Crippen molar-refractivity contribution in [1.29, 1.82) is 0 Å². The lowest BCUT2D eigenvalue weighted by Crippen LogP contribution is -3.11. The molecule has 3 aromatic rings. The van der Waals surface area contributed by atoms with Crippen LogP contribution >= 0.6 is 0 Å². The van der Waals surface area contributed by atoms with Crippen LogP contribution in [0.1, 0.15) is 23.1 Å². The SMILES string of the molecule is COc1cc(C[NH+]2CC=C(c3ccc(F)cc3)CC2)ccc1OCc1ccccc1. The smallest absolute Gasteiger partial charge is 0.161 e. The number of quaternary nitrogens is 1. The van der Waals surface area contributed by atoms with E-state index >= 15 is 0 Å². The highest BCUT2D eigenvalue weighted by Gasteiger charge is 2.17. The Bertz CT molecular complexity index is 999. The highest BCUT2D eigenvalue weighted by atomic mass is 19.1. The lowest BCUT2D eigenvalue weighted by molar-refractivity contribution is -0.908. The number of nitrogens with one attached hydrogen (secondary N) is 1. The maximum Gasteiger partial charge on any atom is 0.161 e. The standard InChI is InChI=1S/C26H26FNO2/c1-29-26-17-21(7-12-25(26)30-19-20-5-3-2-4-6-20)18-28-15-13-23(14-16-28)22-8-10-24(27)11-9-22/h2-13,17H,14-16,18-19H2,1H3/p+1. The van der Waals surface area contributed by atoms with Crippen LogP contribution in [0.25, 0.3) is 5.57 Å². The minimum Gasteiger partial charge on any atom is -0.493 e. The third kappa shape index (κ3) is 5.08. The monoisotopic (exact) mass is 404 g/mol. The molecule has 0 fully saturated rings. The Morgan fingerprint density at radius 2 is 1.70 bits per heavy atom. The van der Waals surface area contributed by atoms with Crippen molar-refractivity contribution in [3.8, 4) is 11.5 Å². The van der Waals surface area contributed by atoms with E-state index in [0.717, 1.165) is 48.7 Å². The van der Waals surface area contributed by atoms with Gasteiger partial charge >= 0.3 is 0 Å². The predicted molar refractivity (Wildman–Crippen MR) is 117 cm³/mol. The van der Waals surface area contributed by atoms with Crippen LogP contribution in [0.4, 0.5) is 4.39 Å². The fraction of sp³-hybridized carbons (Fsp3) is 0.231. The van der Waals surface area contributed by atoms with Crippen molar-refractivity contribution < 1.29 is 18.8 Å². The van der Waals surface area contributed by atoms with Gasteiger partial charge in [0, 0.05) is 12.0 Å². The van der Waals surface area contributed by atoms with E-state index in [0.29, 0.717) is 6.61 Å². The summed E-state index contributed by atoms with van der Waals surface area (Å²) in [7, 11) is 1.68. The lowest BCUT2D eigenvalue weighted by Gasteiger charge is -2.24. The maximum atomic E-state index is 13.1. The molecule has 30 heavy (non-hydrogen) atoms. The van der Waals surface area contributed by atoms with Gasteiger partial charge in [-0.3, -0.25) is 0 Å². The van der Waals surface area contributed by atoms with Gasteiger partial charge in [-0.2, -0.15) is 0 Å². The second-order valence-corrected chi connectivity index (χ2v) is 7.63. The van der Waals surface area contributed by atoms with Crippen LogP contribution in [0.2, 0.25) is 0 Å². The van der Waals surface area contributed by atoms with Crippen molar-refractivity contribution in [2.24, 2.45) is 0 Å². The van der Waals surface area contributed by atoms with E-state index < -0.39 is 0 Å². The van der Waals surface area contributed by atoms with Crippen molar-refractivity contribution in [1.82, 2.24) is 0 Å². The summed E-state index contributed by atoms with van der Waals surface area (Å²) in [6.07, 6.45) is 3.27. The Morgan fingerprint density at radius 1 is 0.900 bits per heavy atom. The van der Waals surface area contributed by atoms with Crippen LogP contribution in [0.15, 0.2) is 78.9 Å². The summed E-state index contributed by atoms with van der Waals surface area (Å²) in [6.45, 7) is 3.46. The van der Waals surface area contributed by atoms with Gasteiger partial charge in [-0.05, 0) is 53.1 Å². The Balaban J connectivity index is 1.37. The second kappa shape index (κ2) is 9.59. The minimum atomic E-state index is -0.187. The predicted octanol–water partition coefficient (Wildman–Crippen LogP) is 4.29. The van der Waals surface area contributed by atoms with Crippen LogP contribution < -0.4 is 14.4 Å². The van der Waals surface area contributed by atoms with Crippen molar-refractivity contribution in [2.45, 2.75) is 19.6 Å². The van der Waals surface area contributed by atoms with Gasteiger partial charge < -0.3 is 14.4 Å². The molecule has 1 unspecified atom stereocenters. The maximum absolute atomic E-state index is 13.1. The van der Waals surface area contributed by atoms with Crippen molar-refractivity contribution in [2.75, 3.05) is 20.2 Å². The summed E-state index contributed by atoms with van der Waals surface area (Å²) in [6, 6.07) is 23.1. The fourth-order valence-electron chi connectivity index (χ4n) is 3.84. The molecular formula is C26H27FNO2+. The third-order valence-electron chi connectivity index (χ3n) is 5.52. The first-order chi connectivity index (χ1) is 14.7. The van der Waals surface area contributed by atoms with Gasteiger partial charge in [0.2, 0.25) is 0 Å². The molecule has 1 aliphatic rings. The molecule has 154 valence electrons. The van der Waals surface area contributed by atoms with E-state index in [4.69, 9.17) is 9.47 Å². The van der Waals surface area contributed by atoms with Gasteiger partial charge in [0.1, 0.15) is 19.0 Å². The largest absolute Gasteiger partial charge is 0.493 e. The molecule has 4 rings (SSSR count). The number of hydrogen-bond donors (Lipinski definition) is 1. The zero-order chi connectivity index (χ0) is 20.8. The molecule has 0 radical (unpaired) electrons. The quantitative estimate of drug-likeness (QED) is 0.635. The molecule has 0 bridgehead atoms. The minimum absolute atomic E-state index is 0.187. The van der Waals surface area contributed by atoms with Crippen LogP contribution in [-0.4, -0.2) is 20.2 Å². The van der Waals surface area contributed by atoms with Gasteiger partial charge in [0.15, 0.2) is 11.5 Å². The molecule has 1 aliphatic heterocycles. The van der Waals surface area contributed by atoms with E-state index in [2.05, 4.69) is 18.2 Å². The molecule has 4 heteroatoms. The van der Waals surface area contributed by atoms with Gasteiger partial charge in [-0.15, -0.1) is 0 Å². The van der Waals surface area contributed by atoms with Crippen LogP contribution in [0.3, 0.4) is 0 Å². The average molecular weight is 405 g/mol. The first-order valence-electron chi connectivity index (χ1n) is 10.3. The summed E-state index contributed by atoms with van der Waals surface area (Å²) >= 11 is 0. The molecule has 0 saturated carbocycles. The fourth-order valence-corrected chi connectivity index (χ4v) is 3.84. The molecule has 1 N–H and O–H groups in total. The number of halogens is 1. The van der Waals surface area contributed by atoms with E-state index in [9.17, 15) is 4.39 Å². The van der Waals surface area contributed by atoms with Crippen molar-refractivity contribution >= 4 is 5.57 Å². The highest BCUT2D eigenvalue weighted by molar-refractivity contribution is 5.65. The topological polar surface area (TPSA) is 22.9 Å². The lowest BCUT2D eigenvalue weighted by atomic mass is 9.99. The molecule has 0 saturated heterocycles. The molecular weight excluding hydrogens is 377 g/mol. The molecule has 3 nitrogen and oxygen atoms in total. The summed E-state index contributed by atoms with van der Waals surface area (Å²) in [5, 5.41) is 0. The normalized spacial score (nSPS) is 16.1. The van der Waals surface area contributed by atoms with Gasteiger partial charge in [0.05, 0.1) is 20.2 Å². The first-order valence-corrected chi connectivity index (χ1v) is 10.3. The van der Waals surface area contributed by atoms with Crippen molar-refractivity contribution in [3.05, 3.63) is 101 Å². The van der Waals surface area contributed by atoms with Gasteiger partial charge in [-0.1, -0.05) is 42.5 Å². The van der Waals surface area contributed by atoms with Crippen LogP contribution in [-0.2, 0) is 13.2 Å². The zero-order valence-electron chi connectivity index (χ0n) is 17.2. The van der Waals surface area contributed by atoms with Crippen LogP contribution in [0.5, 0.6) is 11.5 Å². The third-order valence-corrected chi connectivity index (χ3v) is 5.52. The summed E-state index contributed by atoms with van der Waals surface area (Å²) in [5.74, 6) is 1.34. The summed E-state index contributed by atoms with van der Waals surface area (Å²) in [4.78, 5) is 1.50. The van der Waals surface area contributed by atoms with Gasteiger partial charge in [0.25, 0.3) is 0 Å². The van der Waals surface area contributed by atoms with Crippen molar-refractivity contribution in [3.63, 3.8) is 0 Å². The number of benzene rings is 3. The Hall–Kier alpha value is -3.11. The Morgan fingerprint density at radius 3 is 2.40 bits per heavy atom. The van der Waals surface area contributed by atoms with Crippen LogP contribution in [0, 0.1) is 5.82 Å². The average Bonchev–Trinajstić information content (AvgIpc) is 2.80. The van der Waals surface area contributed by atoms with E-state index in [1.807, 2.05) is 48.5 Å². The molecule has 1 heterocycles. The van der Waals surface area contributed by atoms with E-state index in [1.165, 1.54) is 28.2 Å². The number of hydrogen-bond acceptors (Lipinski definition) is 2. The Kier molecular flexibility index (Phi) is 6.45. The summed E-state index contributed by atoms with van der Waals surface area (Å²) in [5.41, 5.74) is 4.79. The number of methoxy groups -OCH3 is 1. The zero-order valence-corrected chi connectivity index (χ0v) is 17.2. The highest BCUT2D eigenvalue weighted by Crippen LogP contribution is 2.29. The molecule has 1 atom stereocenters. The molecule has 0 aromatic heterocycles. The van der Waals surface area contributed by atoms with E-state index in [-0.39, 0.29) is 5.82 Å².